The van der Waals surface area contributed by atoms with Crippen LogP contribution >= 0.6 is 0 Å². The highest BCUT2D eigenvalue weighted by atomic mass is 16.2. The Balaban J connectivity index is 1.29. The molecule has 2 heterocycles. The fourth-order valence-corrected chi connectivity index (χ4v) is 4.75. The van der Waals surface area contributed by atoms with Crippen molar-refractivity contribution < 1.29 is 4.79 Å². The van der Waals surface area contributed by atoms with Crippen LogP contribution in [0.25, 0.3) is 0 Å². The minimum absolute atomic E-state index is 0.233. The zero-order valence-electron chi connectivity index (χ0n) is 15.4. The van der Waals surface area contributed by atoms with E-state index in [2.05, 4.69) is 53.1 Å². The van der Waals surface area contributed by atoms with Crippen molar-refractivity contribution in [2.24, 2.45) is 11.3 Å². The molecule has 1 amide bonds. The zero-order chi connectivity index (χ0) is 17.3. The van der Waals surface area contributed by atoms with Crippen LogP contribution in [-0.4, -0.2) is 41.9 Å². The van der Waals surface area contributed by atoms with Crippen molar-refractivity contribution >= 4 is 5.91 Å². The molecule has 4 rings (SSSR count). The van der Waals surface area contributed by atoms with Crippen molar-refractivity contribution in [1.29, 1.82) is 0 Å². The van der Waals surface area contributed by atoms with Gasteiger partial charge in [-0.15, -0.1) is 0 Å². The van der Waals surface area contributed by atoms with Crippen molar-refractivity contribution in [3.8, 4) is 0 Å². The largest absolute Gasteiger partial charge is 0.342 e. The minimum atomic E-state index is 0.233. The first-order valence-electron chi connectivity index (χ1n) is 9.85. The van der Waals surface area contributed by atoms with Crippen LogP contribution in [0.1, 0.15) is 43.2 Å². The number of piperidine rings is 1. The highest BCUT2D eigenvalue weighted by Crippen LogP contribution is 2.41. The van der Waals surface area contributed by atoms with E-state index >= 15 is 0 Å². The van der Waals surface area contributed by atoms with Crippen LogP contribution in [0.3, 0.4) is 0 Å². The molecule has 0 unspecified atom stereocenters. The van der Waals surface area contributed by atoms with Crippen molar-refractivity contribution in [2.45, 2.75) is 45.6 Å². The molecule has 2 fully saturated rings. The van der Waals surface area contributed by atoms with Gasteiger partial charge in [0.15, 0.2) is 0 Å². The summed E-state index contributed by atoms with van der Waals surface area (Å²) in [6, 6.07) is 8.93. The van der Waals surface area contributed by atoms with Gasteiger partial charge in [-0.05, 0) is 63.1 Å². The quantitative estimate of drug-likeness (QED) is 0.783. The first-order valence-corrected chi connectivity index (χ1v) is 9.85. The smallest absolute Gasteiger partial charge is 0.226 e. The van der Waals surface area contributed by atoms with E-state index in [9.17, 15) is 4.79 Å². The first kappa shape index (κ1) is 16.8. The molecule has 134 valence electrons. The van der Waals surface area contributed by atoms with Gasteiger partial charge in [0.05, 0.1) is 0 Å². The van der Waals surface area contributed by atoms with Gasteiger partial charge in [0.25, 0.3) is 0 Å². The van der Waals surface area contributed by atoms with E-state index in [0.29, 0.717) is 11.3 Å². The van der Waals surface area contributed by atoms with Crippen molar-refractivity contribution in [1.82, 2.24) is 9.80 Å². The van der Waals surface area contributed by atoms with Crippen LogP contribution in [0.2, 0.25) is 0 Å². The maximum Gasteiger partial charge on any atom is 0.226 e. The second-order valence-corrected chi connectivity index (χ2v) is 8.41. The Morgan fingerprint density at radius 2 is 1.68 bits per heavy atom. The highest BCUT2D eigenvalue weighted by molar-refractivity contribution is 5.80. The third kappa shape index (κ3) is 3.67. The molecule has 1 aromatic carbocycles. The number of aryl methyl sites for hydroxylation is 1. The summed E-state index contributed by atoms with van der Waals surface area (Å²) >= 11 is 0. The summed E-state index contributed by atoms with van der Waals surface area (Å²) in [6.45, 7) is 7.52. The van der Waals surface area contributed by atoms with Crippen molar-refractivity contribution in [3.63, 3.8) is 0 Å². The Hall–Kier alpha value is -1.61. The van der Waals surface area contributed by atoms with Gasteiger partial charge in [-0.25, -0.2) is 0 Å². The monoisotopic (exact) mass is 338 g/mol. The van der Waals surface area contributed by atoms with Gasteiger partial charge in [0.2, 0.25) is 5.91 Å². The number of allylic oxidation sites excluding steroid dienone is 2. The van der Waals surface area contributed by atoms with Gasteiger partial charge in [-0.3, -0.25) is 9.69 Å². The van der Waals surface area contributed by atoms with Gasteiger partial charge >= 0.3 is 0 Å². The molecule has 3 aliphatic rings. The maximum absolute atomic E-state index is 12.7. The summed E-state index contributed by atoms with van der Waals surface area (Å²) in [5.74, 6) is 0.640. The summed E-state index contributed by atoms with van der Waals surface area (Å²) in [5, 5.41) is 0. The molecule has 0 bridgehead atoms. The van der Waals surface area contributed by atoms with Gasteiger partial charge in [-0.2, -0.15) is 0 Å². The fraction of sp³-hybridized carbons (Fsp3) is 0.591. The molecular weight excluding hydrogens is 308 g/mol. The number of hydrogen-bond donors (Lipinski definition) is 0. The predicted molar refractivity (Wildman–Crippen MR) is 101 cm³/mol. The molecule has 3 nitrogen and oxygen atoms in total. The van der Waals surface area contributed by atoms with E-state index in [1.807, 2.05) is 0 Å². The van der Waals surface area contributed by atoms with E-state index in [1.165, 1.54) is 43.5 Å². The molecule has 3 heteroatoms. The van der Waals surface area contributed by atoms with Gasteiger partial charge in [0, 0.05) is 25.6 Å². The molecule has 2 aliphatic heterocycles. The van der Waals surface area contributed by atoms with Crippen LogP contribution in [0.4, 0.5) is 0 Å². The molecule has 0 saturated carbocycles. The second-order valence-electron chi connectivity index (χ2n) is 8.41. The lowest BCUT2D eigenvalue weighted by molar-refractivity contribution is -0.134. The SMILES string of the molecule is Cc1ccc(CN2CCC3(CC2)CCN(C(=O)C2CC=CC2)C3)cc1. The molecule has 25 heavy (non-hydrogen) atoms. The Labute approximate surface area is 151 Å². The molecule has 0 N–H and O–H groups in total. The van der Waals surface area contributed by atoms with Gasteiger partial charge in [-0.1, -0.05) is 42.0 Å². The number of benzene rings is 1. The van der Waals surface area contributed by atoms with E-state index in [1.54, 1.807) is 0 Å². The number of nitrogens with zero attached hydrogens (tertiary/aromatic N) is 2. The number of hydrogen-bond acceptors (Lipinski definition) is 2. The fourth-order valence-electron chi connectivity index (χ4n) is 4.75. The molecule has 0 aromatic heterocycles. The molecular formula is C22H30N2O. The standard InChI is InChI=1S/C22H30N2O/c1-18-6-8-19(9-7-18)16-23-13-10-22(11-14-23)12-15-24(17-22)21(25)20-4-2-3-5-20/h2-3,6-9,20H,4-5,10-17H2,1H3. The third-order valence-corrected chi connectivity index (χ3v) is 6.55. The Kier molecular flexibility index (Phi) is 4.68. The average Bonchev–Trinajstić information content (AvgIpc) is 3.29. The van der Waals surface area contributed by atoms with Gasteiger partial charge in [0.1, 0.15) is 0 Å². The summed E-state index contributed by atoms with van der Waals surface area (Å²) in [5.41, 5.74) is 3.14. The van der Waals surface area contributed by atoms with Gasteiger partial charge < -0.3 is 4.90 Å². The Morgan fingerprint density at radius 1 is 1.04 bits per heavy atom. The molecule has 1 spiro atoms. The topological polar surface area (TPSA) is 23.6 Å². The number of amides is 1. The lowest BCUT2D eigenvalue weighted by Crippen LogP contribution is -2.42. The number of carbonyl (C=O) groups excluding carboxylic acids is 1. The van der Waals surface area contributed by atoms with Crippen LogP contribution in [-0.2, 0) is 11.3 Å². The second kappa shape index (κ2) is 6.95. The first-order chi connectivity index (χ1) is 12.1. The highest BCUT2D eigenvalue weighted by Gasteiger charge is 2.42. The average molecular weight is 338 g/mol. The number of likely N-dealkylation sites (tertiary alicyclic amines) is 2. The minimum Gasteiger partial charge on any atom is -0.342 e. The predicted octanol–water partition coefficient (Wildman–Crippen LogP) is 3.78. The Morgan fingerprint density at radius 3 is 2.36 bits per heavy atom. The van der Waals surface area contributed by atoms with E-state index in [4.69, 9.17) is 0 Å². The summed E-state index contributed by atoms with van der Waals surface area (Å²) in [7, 11) is 0. The van der Waals surface area contributed by atoms with E-state index in [-0.39, 0.29) is 5.92 Å². The molecule has 2 saturated heterocycles. The summed E-state index contributed by atoms with van der Waals surface area (Å²) in [4.78, 5) is 17.4. The molecule has 1 aliphatic carbocycles. The lowest BCUT2D eigenvalue weighted by atomic mass is 9.77. The maximum atomic E-state index is 12.7. The van der Waals surface area contributed by atoms with Crippen LogP contribution < -0.4 is 0 Å². The van der Waals surface area contributed by atoms with E-state index < -0.39 is 0 Å². The van der Waals surface area contributed by atoms with Crippen LogP contribution in [0.15, 0.2) is 36.4 Å². The number of carbonyl (C=O) groups is 1. The summed E-state index contributed by atoms with van der Waals surface area (Å²) in [6.07, 6.45) is 9.92. The van der Waals surface area contributed by atoms with Crippen molar-refractivity contribution in [2.75, 3.05) is 26.2 Å². The molecule has 1 aromatic rings. The normalized spacial score (nSPS) is 23.6. The zero-order valence-corrected chi connectivity index (χ0v) is 15.4. The third-order valence-electron chi connectivity index (χ3n) is 6.55. The molecule has 0 atom stereocenters. The van der Waals surface area contributed by atoms with E-state index in [0.717, 1.165) is 32.5 Å². The van der Waals surface area contributed by atoms with Crippen LogP contribution in [0, 0.1) is 18.3 Å². The molecule has 0 radical (unpaired) electrons. The van der Waals surface area contributed by atoms with Crippen molar-refractivity contribution in [3.05, 3.63) is 47.5 Å². The Bertz CT molecular complexity index is 632. The summed E-state index contributed by atoms with van der Waals surface area (Å²) < 4.78 is 0. The lowest BCUT2D eigenvalue weighted by Gasteiger charge is -2.39. The van der Waals surface area contributed by atoms with Crippen LogP contribution in [0.5, 0.6) is 0 Å². The number of rotatable bonds is 3.